The minimum absolute atomic E-state index is 0.680. The van der Waals surface area contributed by atoms with Crippen LogP contribution < -0.4 is 0 Å². The van der Waals surface area contributed by atoms with E-state index in [-0.39, 0.29) is 0 Å². The molecule has 2 aliphatic heterocycles. The molecule has 0 radical (unpaired) electrons. The van der Waals surface area contributed by atoms with Gasteiger partial charge in [0.05, 0.1) is 26.4 Å². The third-order valence-corrected chi connectivity index (χ3v) is 7.50. The lowest BCUT2D eigenvalue weighted by molar-refractivity contribution is 0.134. The number of rotatable bonds is 0. The summed E-state index contributed by atoms with van der Waals surface area (Å²) in [7, 11) is 0. The fraction of sp³-hybridized carbons (Fsp3) is 0.200. The first-order chi connectivity index (χ1) is 15.7. The van der Waals surface area contributed by atoms with Crippen molar-refractivity contribution in [2.45, 2.75) is 40.3 Å². The lowest BCUT2D eigenvalue weighted by atomic mass is 9.92. The zero-order chi connectivity index (χ0) is 21.4. The number of benzene rings is 4. The largest absolute Gasteiger partial charge is 0.372 e. The van der Waals surface area contributed by atoms with Crippen molar-refractivity contribution in [2.75, 3.05) is 0 Å². The summed E-state index contributed by atoms with van der Waals surface area (Å²) in [6, 6.07) is 22.6. The van der Waals surface area contributed by atoms with E-state index in [1.807, 2.05) is 0 Å². The number of aryl methyl sites for hydroxylation is 2. The van der Waals surface area contributed by atoms with Crippen molar-refractivity contribution in [2.24, 2.45) is 0 Å². The van der Waals surface area contributed by atoms with Crippen LogP contribution >= 0.6 is 0 Å². The highest BCUT2D eigenvalue weighted by atomic mass is 16.5. The first kappa shape index (κ1) is 18.4. The summed E-state index contributed by atoms with van der Waals surface area (Å²) in [6.07, 6.45) is 0. The second kappa shape index (κ2) is 6.65. The van der Waals surface area contributed by atoms with E-state index in [9.17, 15) is 0 Å². The van der Waals surface area contributed by atoms with Gasteiger partial charge < -0.3 is 9.47 Å². The summed E-state index contributed by atoms with van der Waals surface area (Å²) in [5.74, 6) is 0. The van der Waals surface area contributed by atoms with E-state index in [1.165, 1.54) is 75.1 Å². The van der Waals surface area contributed by atoms with Crippen LogP contribution in [0.1, 0.15) is 33.4 Å². The summed E-state index contributed by atoms with van der Waals surface area (Å²) < 4.78 is 11.9. The van der Waals surface area contributed by atoms with Crippen molar-refractivity contribution in [1.29, 1.82) is 0 Å². The predicted molar refractivity (Wildman–Crippen MR) is 123 cm³/mol. The van der Waals surface area contributed by atoms with E-state index in [1.54, 1.807) is 0 Å². The van der Waals surface area contributed by atoms with Gasteiger partial charge in [0, 0.05) is 0 Å². The first-order valence-corrected chi connectivity index (χ1v) is 11.4. The lowest BCUT2D eigenvalue weighted by Gasteiger charge is -2.10. The third-order valence-electron chi connectivity index (χ3n) is 7.50. The molecule has 0 bridgehead atoms. The zero-order valence-electron chi connectivity index (χ0n) is 18.4. The molecule has 0 spiro atoms. The molecule has 2 nitrogen and oxygen atoms in total. The van der Waals surface area contributed by atoms with Gasteiger partial charge in [-0.05, 0) is 89.0 Å². The quantitative estimate of drug-likeness (QED) is 0.316. The Morgan fingerprint density at radius 3 is 1.28 bits per heavy atom. The molecule has 0 fully saturated rings. The Balaban J connectivity index is 2.03. The standard InChI is InChI=1S/C30H24O2/c1-17-11-23-19-7-3-5-9-21(19)30-24(12-18(2)26-14-32-16-28(26)30)20-8-4-6-10-22(20)29(23)27-15-31-13-25(17)27/h3-12H,13-16H2,1-2H3/b23-19-,24-20-,29-22+,30-21+. The van der Waals surface area contributed by atoms with Crippen LogP contribution in [0.15, 0.2) is 60.7 Å². The fourth-order valence-electron chi connectivity index (χ4n) is 6.00. The van der Waals surface area contributed by atoms with Crippen LogP contribution in [0, 0.1) is 55.6 Å². The third kappa shape index (κ3) is 2.37. The average Bonchev–Trinajstić information content (AvgIpc) is 3.49. The Hall–Kier alpha value is -3.20. The van der Waals surface area contributed by atoms with Gasteiger partial charge in [-0.15, -0.1) is 0 Å². The van der Waals surface area contributed by atoms with Gasteiger partial charge in [-0.3, -0.25) is 0 Å². The zero-order valence-corrected chi connectivity index (χ0v) is 18.4. The van der Waals surface area contributed by atoms with E-state index in [0.29, 0.717) is 26.4 Å². The molecule has 0 aromatic heterocycles. The van der Waals surface area contributed by atoms with Crippen LogP contribution in [0.3, 0.4) is 0 Å². The number of ether oxygens (including phenoxy) is 2. The molecule has 4 aromatic rings. The minimum Gasteiger partial charge on any atom is -0.372 e. The molecule has 3 aliphatic rings. The van der Waals surface area contributed by atoms with Crippen molar-refractivity contribution < 1.29 is 9.47 Å². The van der Waals surface area contributed by atoms with Crippen LogP contribution in [0.5, 0.6) is 0 Å². The van der Waals surface area contributed by atoms with Crippen molar-refractivity contribution in [1.82, 2.24) is 0 Å². The number of fused-ring (bicyclic) bond motifs is 8. The molecule has 0 saturated heterocycles. The second-order valence-corrected chi connectivity index (χ2v) is 9.22. The van der Waals surface area contributed by atoms with E-state index >= 15 is 0 Å². The smallest absolute Gasteiger partial charge is 0.0731 e. The molecule has 7 rings (SSSR count). The maximum Gasteiger partial charge on any atom is 0.0731 e. The van der Waals surface area contributed by atoms with Crippen molar-refractivity contribution >= 4 is 0 Å². The van der Waals surface area contributed by atoms with Gasteiger partial charge in [0.15, 0.2) is 0 Å². The van der Waals surface area contributed by atoms with Crippen molar-refractivity contribution in [3.05, 3.63) is 136 Å². The van der Waals surface area contributed by atoms with Crippen LogP contribution in [0.2, 0.25) is 0 Å². The molecule has 32 heavy (non-hydrogen) atoms. The van der Waals surface area contributed by atoms with Gasteiger partial charge in [0.1, 0.15) is 0 Å². The average molecular weight is 417 g/mol. The van der Waals surface area contributed by atoms with E-state index in [4.69, 9.17) is 9.47 Å². The lowest BCUT2D eigenvalue weighted by Crippen LogP contribution is -1.99. The number of hydrogen-bond acceptors (Lipinski definition) is 2. The number of hydrogen-bond donors (Lipinski definition) is 0. The maximum atomic E-state index is 5.97. The maximum absolute atomic E-state index is 5.97. The molecule has 0 amide bonds. The highest BCUT2D eigenvalue weighted by Gasteiger charge is 2.19. The van der Waals surface area contributed by atoms with Crippen LogP contribution in [-0.4, -0.2) is 0 Å². The van der Waals surface area contributed by atoms with Gasteiger partial charge in [0.2, 0.25) is 0 Å². The molecule has 0 N–H and O–H groups in total. The fourth-order valence-corrected chi connectivity index (χ4v) is 6.00. The normalized spacial score (nSPS) is 19.6. The Morgan fingerprint density at radius 2 is 0.844 bits per heavy atom. The highest BCUT2D eigenvalue weighted by molar-refractivity contribution is 5.45. The van der Waals surface area contributed by atoms with Gasteiger partial charge >= 0.3 is 0 Å². The molecule has 0 unspecified atom stereocenters. The topological polar surface area (TPSA) is 18.5 Å². The SMILES string of the molecule is Cc1cc2/c(c3c1COC3)=c1/cccc/c1=c1\cc(C)c3c(\c1=c1/cccc/c1=2)COC3. The van der Waals surface area contributed by atoms with Crippen LogP contribution in [0.4, 0.5) is 0 Å². The summed E-state index contributed by atoms with van der Waals surface area (Å²) in [4.78, 5) is 0. The Kier molecular flexibility index (Phi) is 3.82. The van der Waals surface area contributed by atoms with Crippen molar-refractivity contribution in [3.63, 3.8) is 0 Å². The molecular weight excluding hydrogens is 392 g/mol. The molecule has 0 saturated carbocycles. The summed E-state index contributed by atoms with van der Waals surface area (Å²) in [6.45, 7) is 7.23. The van der Waals surface area contributed by atoms with E-state index in [0.717, 1.165) is 0 Å². The van der Waals surface area contributed by atoms with Crippen molar-refractivity contribution in [3.8, 4) is 0 Å². The van der Waals surface area contributed by atoms with Gasteiger partial charge in [-0.25, -0.2) is 0 Å². The van der Waals surface area contributed by atoms with Gasteiger partial charge in [0.25, 0.3) is 0 Å². The Morgan fingerprint density at radius 1 is 0.469 bits per heavy atom. The monoisotopic (exact) mass is 416 g/mol. The molecule has 2 heteroatoms. The molecule has 1 aliphatic carbocycles. The molecular formula is C30H24O2. The van der Waals surface area contributed by atoms with Gasteiger partial charge in [-0.2, -0.15) is 0 Å². The first-order valence-electron chi connectivity index (χ1n) is 11.4. The second-order valence-electron chi connectivity index (χ2n) is 9.22. The van der Waals surface area contributed by atoms with E-state index < -0.39 is 0 Å². The Labute approximate surface area is 185 Å². The molecule has 0 atom stereocenters. The molecule has 2 heterocycles. The Bertz CT molecular complexity index is 1710. The summed E-state index contributed by atoms with van der Waals surface area (Å²) in [5.41, 5.74) is 8.06. The molecule has 4 aromatic carbocycles. The van der Waals surface area contributed by atoms with Crippen LogP contribution in [-0.2, 0) is 35.9 Å². The summed E-state index contributed by atoms with van der Waals surface area (Å²) in [5, 5.41) is 10.5. The van der Waals surface area contributed by atoms with E-state index in [2.05, 4.69) is 74.5 Å². The van der Waals surface area contributed by atoms with Crippen LogP contribution in [0.25, 0.3) is 0 Å². The highest BCUT2D eigenvalue weighted by Crippen LogP contribution is 2.30. The minimum atomic E-state index is 0.680. The summed E-state index contributed by atoms with van der Waals surface area (Å²) >= 11 is 0. The van der Waals surface area contributed by atoms with Gasteiger partial charge in [-0.1, -0.05) is 60.7 Å². The predicted octanol–water partition coefficient (Wildman–Crippen LogP) is 5.83. The molecule has 156 valence electrons.